The van der Waals surface area contributed by atoms with Gasteiger partial charge in [0.1, 0.15) is 88.0 Å². The number of benzene rings is 3. The number of aliphatic hydroxyl groups excluding tert-OH is 3. The highest BCUT2D eigenvalue weighted by Gasteiger charge is 2.58. The van der Waals surface area contributed by atoms with E-state index in [1.165, 1.54) is 74.2 Å². The van der Waals surface area contributed by atoms with Crippen molar-refractivity contribution in [2.75, 3.05) is 56.9 Å². The summed E-state index contributed by atoms with van der Waals surface area (Å²) >= 11 is 0. The number of aromatic nitrogens is 12. The van der Waals surface area contributed by atoms with Crippen molar-refractivity contribution in [1.29, 1.82) is 0 Å². The molecule has 12 rings (SSSR count). The van der Waals surface area contributed by atoms with Crippen LogP contribution in [0.4, 0.5) is 30.6 Å². The number of hydrogen-bond donors (Lipinski definition) is 9. The molecule has 0 bridgehead atoms. The molecule has 9 heterocycles. The van der Waals surface area contributed by atoms with Gasteiger partial charge in [-0.3, -0.25) is 41.7 Å². The van der Waals surface area contributed by atoms with E-state index in [-0.39, 0.29) is 17.2 Å². The minimum absolute atomic E-state index is 0.197. The molecule has 45 heteroatoms. The maximum Gasteiger partial charge on any atom is 0.459 e. The molecule has 654 valence electrons. The number of ether oxygens (including phenoxy) is 6. The molecule has 0 saturated carbocycles. The molecule has 9 N–H and O–H groups in total. The van der Waals surface area contributed by atoms with E-state index in [1.54, 1.807) is 174 Å². The molecule has 120 heavy (non-hydrogen) atoms. The summed E-state index contributed by atoms with van der Waals surface area (Å²) in [5.74, 6) is 1.21. The highest BCUT2D eigenvalue weighted by molar-refractivity contribution is 7.52. The second kappa shape index (κ2) is 38.7. The Morgan fingerprint density at radius 2 is 0.658 bits per heavy atom. The zero-order valence-electron chi connectivity index (χ0n) is 69.2. The maximum atomic E-state index is 15.5. The number of nitrogens with one attached hydrogen (secondary N) is 6. The van der Waals surface area contributed by atoms with Gasteiger partial charge in [-0.15, -0.1) is 0 Å². The van der Waals surface area contributed by atoms with Crippen LogP contribution in [-0.2, 0) is 70.1 Å². The predicted octanol–water partition coefficient (Wildman–Crippen LogP) is 9.89. The second-order valence-corrected chi connectivity index (χ2v) is 34.8. The van der Waals surface area contributed by atoms with Crippen LogP contribution >= 0.6 is 23.2 Å². The fourth-order valence-corrected chi connectivity index (χ4v) is 17.3. The Kier molecular flexibility index (Phi) is 29.9. The average Bonchev–Trinajstić information content (AvgIpc) is 1.61. The van der Waals surface area contributed by atoms with Crippen LogP contribution in [-0.4, -0.2) is 223 Å². The number of hydrogen-bond acceptors (Lipinski definition) is 33. The van der Waals surface area contributed by atoms with Gasteiger partial charge in [0, 0.05) is 21.1 Å². The van der Waals surface area contributed by atoms with Crippen molar-refractivity contribution in [2.24, 2.45) is 0 Å². The van der Waals surface area contributed by atoms with Crippen LogP contribution in [0.2, 0.25) is 0 Å². The van der Waals surface area contributed by atoms with Crippen LogP contribution < -0.4 is 44.8 Å². The number of alkyl halides is 3. The third kappa shape index (κ3) is 21.9. The molecular weight excluding hydrogens is 1640 g/mol. The van der Waals surface area contributed by atoms with E-state index in [1.807, 2.05) is 0 Å². The first-order valence-corrected chi connectivity index (χ1v) is 42.8. The number of carbonyl (C=O) groups excluding carboxylic acids is 3. The standard InChI is InChI=1S/3C25H34FN6O7P/c3*1-14(2)37-24(34)15(3)31-40(35,39-17-10-8-7-9-11-17)36-12-25(5)20(33)18(26)23(38-25)32-13-28-19-21(27-6)29-16(4)30-22(19)32/h3*7-11,13-15,18,20,23,33H,12H2,1-6H3,(H,31,35)(H,27,29,30)/t15-,18+,20-,23+,25+,40?;15-,18+,20-,23+,25+,40+;15-,18+,20-,23+,25+,40-/m000/s1. The molecule has 9 aromatic rings. The summed E-state index contributed by atoms with van der Waals surface area (Å²) in [7, 11) is -7.82. The van der Waals surface area contributed by atoms with E-state index in [0.717, 1.165) is 0 Å². The SMILES string of the molecule is CNc1nc(C)nc2c1ncn2[C@@H]1O[C@](C)(COP(=O)(N[C@@H](C)C(=O)OC(C)C)Oc2ccccc2)[C@@H](O)[C@H]1F.CNc1nc(C)nc2c1ncn2[C@@H]1O[C@](C)(CO[P@@](=O)(N[C@@H](C)C(=O)OC(C)C)Oc2ccccc2)[C@@H](O)[C@H]1F.CNc1nc(C)nc2c1ncn2[C@@H]1O[C@](C)(CO[P@](=O)(N[C@@H](C)C(=O)OC(C)C)Oc2ccccc2)[C@@H](O)[C@H]1F. The molecular formula is C75H102F3N18O21P3. The second-order valence-electron chi connectivity index (χ2n) is 29.7. The van der Waals surface area contributed by atoms with Gasteiger partial charge >= 0.3 is 41.1 Å². The van der Waals surface area contributed by atoms with Crippen molar-refractivity contribution in [2.45, 2.75) is 213 Å². The first kappa shape index (κ1) is 92.8. The third-order valence-electron chi connectivity index (χ3n) is 18.5. The number of halogens is 3. The lowest BCUT2D eigenvalue weighted by Crippen LogP contribution is -2.44. The molecule has 6 aromatic heterocycles. The summed E-state index contributed by atoms with van der Waals surface area (Å²) < 4.78 is 160. The van der Waals surface area contributed by atoms with Gasteiger partial charge in [0.2, 0.25) is 0 Å². The number of fused-ring (bicyclic) bond motifs is 3. The number of nitrogens with zero attached hydrogens (tertiary/aromatic N) is 12. The van der Waals surface area contributed by atoms with Gasteiger partial charge in [0.25, 0.3) is 0 Å². The third-order valence-corrected chi connectivity index (χ3v) is 23.4. The Bertz CT molecular complexity index is 4680. The summed E-state index contributed by atoms with van der Waals surface area (Å²) in [5.41, 5.74) is -2.91. The predicted molar refractivity (Wildman–Crippen MR) is 430 cm³/mol. The summed E-state index contributed by atoms with van der Waals surface area (Å²) in [4.78, 5) is 76.0. The fourth-order valence-electron chi connectivity index (χ4n) is 12.5. The number of imidazole rings is 3. The lowest BCUT2D eigenvalue weighted by molar-refractivity contribution is -0.150. The smallest absolute Gasteiger partial charge is 0.459 e. The molecule has 39 nitrogen and oxygen atoms in total. The van der Waals surface area contributed by atoms with Crippen molar-refractivity contribution in [3.63, 3.8) is 0 Å². The normalized spacial score (nSPS) is 25.1. The summed E-state index contributed by atoms with van der Waals surface area (Å²) in [6.07, 6.45) is -11.9. The Hall–Kier alpha value is -9.48. The molecule has 18 atom stereocenters. The van der Waals surface area contributed by atoms with Crippen LogP contribution in [0.5, 0.6) is 17.2 Å². The van der Waals surface area contributed by atoms with Crippen molar-refractivity contribution < 1.29 is 112 Å². The number of rotatable bonds is 33. The number of aliphatic hydroxyl groups is 3. The van der Waals surface area contributed by atoms with E-state index in [2.05, 4.69) is 76.1 Å². The van der Waals surface area contributed by atoms with Gasteiger partial charge in [-0.1, -0.05) is 54.6 Å². The molecule has 0 aliphatic carbocycles. The molecule has 3 aliphatic heterocycles. The van der Waals surface area contributed by atoms with Gasteiger partial charge in [-0.2, -0.15) is 15.3 Å². The van der Waals surface area contributed by atoms with E-state index >= 15 is 13.2 Å². The van der Waals surface area contributed by atoms with E-state index < -0.39 is 170 Å². The lowest BCUT2D eigenvalue weighted by atomic mass is 9.99. The summed E-state index contributed by atoms with van der Waals surface area (Å²) in [6, 6.07) is 21.3. The minimum Gasteiger partial charge on any atom is -0.462 e. The largest absolute Gasteiger partial charge is 0.462 e. The Morgan fingerprint density at radius 1 is 0.425 bits per heavy atom. The van der Waals surface area contributed by atoms with Crippen LogP contribution in [0, 0.1) is 20.8 Å². The molecule has 1 unspecified atom stereocenters. The van der Waals surface area contributed by atoms with Gasteiger partial charge < -0.3 is 73.3 Å². The van der Waals surface area contributed by atoms with Crippen molar-refractivity contribution in [3.05, 3.63) is 127 Å². The number of aryl methyl sites for hydroxylation is 3. The Labute approximate surface area is 689 Å². The molecule has 3 aromatic carbocycles. The molecule has 3 aliphatic rings. The summed E-state index contributed by atoms with van der Waals surface area (Å²) in [5, 5.41) is 49.1. The topological polar surface area (TPSA) is 477 Å². The maximum absolute atomic E-state index is 15.5. The fraction of sp³-hybridized carbons (Fsp3) is 0.520. The highest BCUT2D eigenvalue weighted by atomic mass is 31.2. The van der Waals surface area contributed by atoms with Crippen LogP contribution in [0.25, 0.3) is 33.5 Å². The lowest BCUT2D eigenvalue weighted by Gasteiger charge is -2.30. The van der Waals surface area contributed by atoms with E-state index in [9.17, 15) is 43.4 Å². The molecule has 0 amide bonds. The quantitative estimate of drug-likeness (QED) is 0.0105. The number of esters is 3. The van der Waals surface area contributed by atoms with Gasteiger partial charge in [0.15, 0.2) is 88.1 Å². The van der Waals surface area contributed by atoms with Crippen LogP contribution in [0.3, 0.4) is 0 Å². The van der Waals surface area contributed by atoms with E-state index in [4.69, 9.17) is 55.6 Å². The van der Waals surface area contributed by atoms with Crippen LogP contribution in [0.1, 0.15) is 119 Å². The average molecular weight is 1740 g/mol. The van der Waals surface area contributed by atoms with Crippen molar-refractivity contribution in [1.82, 2.24) is 73.8 Å². The van der Waals surface area contributed by atoms with Gasteiger partial charge in [0.05, 0.1) is 57.1 Å². The molecule has 0 radical (unpaired) electrons. The van der Waals surface area contributed by atoms with E-state index in [0.29, 0.717) is 68.4 Å². The van der Waals surface area contributed by atoms with Crippen molar-refractivity contribution >= 4 is 92.1 Å². The molecule has 0 spiro atoms. The zero-order valence-corrected chi connectivity index (χ0v) is 71.9. The van der Waals surface area contributed by atoms with Crippen molar-refractivity contribution in [3.8, 4) is 17.2 Å². The number of anilines is 3. The number of para-hydroxylation sites is 3. The highest BCUT2D eigenvalue weighted by Crippen LogP contribution is 2.53. The van der Waals surface area contributed by atoms with Gasteiger partial charge in [-0.05, 0) is 140 Å². The zero-order chi connectivity index (χ0) is 87.7. The Balaban J connectivity index is 0.000000189. The molecule has 3 fully saturated rings. The van der Waals surface area contributed by atoms with Crippen LogP contribution in [0.15, 0.2) is 110 Å². The summed E-state index contributed by atoms with van der Waals surface area (Å²) in [6.45, 7) is 22.1. The molecule has 3 saturated heterocycles. The number of carbonyl (C=O) groups is 3. The Morgan fingerprint density at radius 3 is 0.875 bits per heavy atom. The first-order valence-electron chi connectivity index (χ1n) is 38.2. The monoisotopic (exact) mass is 1740 g/mol. The van der Waals surface area contributed by atoms with Gasteiger partial charge in [-0.25, -0.2) is 71.7 Å². The minimum atomic E-state index is -4.28. The first-order chi connectivity index (χ1) is 56.6.